The van der Waals surface area contributed by atoms with E-state index in [1.54, 1.807) is 0 Å². The van der Waals surface area contributed by atoms with E-state index in [0.29, 0.717) is 18.3 Å². The Kier molecular flexibility index (Phi) is 5.69. The van der Waals surface area contributed by atoms with Crippen LogP contribution in [0.3, 0.4) is 0 Å². The molecular formula is C19H30N2O2. The van der Waals surface area contributed by atoms with E-state index in [4.69, 9.17) is 10.5 Å². The maximum atomic E-state index is 12.7. The van der Waals surface area contributed by atoms with Crippen molar-refractivity contribution in [3.63, 3.8) is 0 Å². The molecular weight excluding hydrogens is 288 g/mol. The lowest BCUT2D eigenvalue weighted by molar-refractivity contribution is -0.126. The number of nitrogens with zero attached hydrogens (tertiary/aromatic N) is 1. The predicted molar refractivity (Wildman–Crippen MR) is 94.7 cm³/mol. The fraction of sp³-hybridized carbons (Fsp3) is 0.632. The van der Waals surface area contributed by atoms with Crippen molar-refractivity contribution in [2.24, 2.45) is 17.6 Å². The number of carbonyl (C=O) groups is 1. The van der Waals surface area contributed by atoms with Crippen LogP contribution in [0.4, 0.5) is 5.69 Å². The van der Waals surface area contributed by atoms with Crippen LogP contribution in [0, 0.1) is 11.8 Å². The molecule has 2 rings (SSSR count). The molecule has 0 fully saturated rings. The van der Waals surface area contributed by atoms with Crippen LogP contribution in [-0.4, -0.2) is 18.6 Å². The van der Waals surface area contributed by atoms with Crippen LogP contribution in [0.25, 0.3) is 0 Å². The summed E-state index contributed by atoms with van der Waals surface area (Å²) in [6.45, 7) is 11.3. The number of anilines is 1. The summed E-state index contributed by atoms with van der Waals surface area (Å²) < 4.78 is 5.89. The number of ether oxygens (including phenoxy) is 1. The molecule has 1 aliphatic rings. The Morgan fingerprint density at radius 1 is 1.26 bits per heavy atom. The molecule has 2 unspecified atom stereocenters. The Morgan fingerprint density at radius 3 is 2.52 bits per heavy atom. The topological polar surface area (TPSA) is 55.6 Å². The second-order valence-electron chi connectivity index (χ2n) is 7.18. The third-order valence-corrected chi connectivity index (χ3v) is 4.49. The highest BCUT2D eigenvalue weighted by Crippen LogP contribution is 2.37. The number of hydrogen-bond acceptors (Lipinski definition) is 3. The first-order chi connectivity index (χ1) is 10.8. The lowest BCUT2D eigenvalue weighted by Gasteiger charge is -2.35. The molecule has 0 aliphatic carbocycles. The minimum atomic E-state index is -0.376. The summed E-state index contributed by atoms with van der Waals surface area (Å²) in [7, 11) is 0. The average Bonchev–Trinajstić information content (AvgIpc) is 2.51. The van der Waals surface area contributed by atoms with Gasteiger partial charge < -0.3 is 15.4 Å². The molecule has 0 aromatic heterocycles. The largest absolute Gasteiger partial charge is 0.478 e. The molecule has 0 spiro atoms. The number of rotatable bonds is 6. The molecule has 0 bridgehead atoms. The Morgan fingerprint density at radius 2 is 1.96 bits per heavy atom. The number of fused-ring (bicyclic) bond motifs is 1. The third kappa shape index (κ3) is 3.86. The molecule has 2 atom stereocenters. The quantitative estimate of drug-likeness (QED) is 0.865. The Balaban J connectivity index is 2.38. The molecule has 2 N–H and O–H groups in total. The first kappa shape index (κ1) is 17.8. The van der Waals surface area contributed by atoms with Crippen molar-refractivity contribution < 1.29 is 9.53 Å². The van der Waals surface area contributed by atoms with Crippen molar-refractivity contribution in [1.82, 2.24) is 0 Å². The number of benzene rings is 1. The van der Waals surface area contributed by atoms with Gasteiger partial charge >= 0.3 is 0 Å². The highest BCUT2D eigenvalue weighted by atomic mass is 16.5. The number of carbonyl (C=O) groups excluding carboxylic acids is 1. The summed E-state index contributed by atoms with van der Waals surface area (Å²) in [4.78, 5) is 14.6. The number of hydrogen-bond donors (Lipinski definition) is 1. The lowest BCUT2D eigenvalue weighted by atomic mass is 9.95. The summed E-state index contributed by atoms with van der Waals surface area (Å²) in [6.07, 6.45) is 1.28. The first-order valence-electron chi connectivity index (χ1n) is 8.72. The van der Waals surface area contributed by atoms with Gasteiger partial charge in [-0.3, -0.25) is 4.79 Å². The van der Waals surface area contributed by atoms with Crippen molar-refractivity contribution in [3.05, 3.63) is 23.8 Å². The van der Waals surface area contributed by atoms with Crippen LogP contribution < -0.4 is 15.4 Å². The zero-order valence-electron chi connectivity index (χ0n) is 15.0. The monoisotopic (exact) mass is 318 g/mol. The van der Waals surface area contributed by atoms with Gasteiger partial charge in [-0.15, -0.1) is 0 Å². The molecule has 1 amide bonds. The third-order valence-electron chi connectivity index (χ3n) is 4.49. The average molecular weight is 318 g/mol. The van der Waals surface area contributed by atoms with Crippen LogP contribution in [0.5, 0.6) is 5.75 Å². The van der Waals surface area contributed by atoms with Crippen molar-refractivity contribution in [2.45, 2.75) is 59.6 Å². The summed E-state index contributed by atoms with van der Waals surface area (Å²) in [5, 5.41) is 0. The fourth-order valence-electron chi connectivity index (χ4n) is 2.81. The highest BCUT2D eigenvalue weighted by Gasteiger charge is 2.33. The van der Waals surface area contributed by atoms with Gasteiger partial charge in [-0.25, -0.2) is 0 Å². The van der Waals surface area contributed by atoms with E-state index < -0.39 is 0 Å². The van der Waals surface area contributed by atoms with Gasteiger partial charge in [0.25, 0.3) is 5.91 Å². The van der Waals surface area contributed by atoms with Gasteiger partial charge in [-0.05, 0) is 42.4 Å². The minimum absolute atomic E-state index is 0.0359. The molecule has 4 nitrogen and oxygen atoms in total. The maximum Gasteiger partial charge on any atom is 0.268 e. The molecule has 0 saturated heterocycles. The van der Waals surface area contributed by atoms with Crippen molar-refractivity contribution in [3.8, 4) is 5.75 Å². The van der Waals surface area contributed by atoms with Gasteiger partial charge in [-0.1, -0.05) is 40.7 Å². The minimum Gasteiger partial charge on any atom is -0.478 e. The molecule has 128 valence electrons. The summed E-state index contributed by atoms with van der Waals surface area (Å²) in [5.41, 5.74) is 8.21. The van der Waals surface area contributed by atoms with Crippen LogP contribution in [0.2, 0.25) is 0 Å². The van der Waals surface area contributed by atoms with Crippen LogP contribution in [0.15, 0.2) is 18.2 Å². The normalized spacial score (nSPS) is 19.0. The molecule has 0 radical (unpaired) electrons. The molecule has 1 aliphatic heterocycles. The summed E-state index contributed by atoms with van der Waals surface area (Å²) in [6, 6.07) is 5.98. The summed E-state index contributed by atoms with van der Waals surface area (Å²) >= 11 is 0. The van der Waals surface area contributed by atoms with E-state index in [-0.39, 0.29) is 18.1 Å². The van der Waals surface area contributed by atoms with Gasteiger partial charge in [-0.2, -0.15) is 0 Å². The van der Waals surface area contributed by atoms with Crippen molar-refractivity contribution >= 4 is 11.6 Å². The van der Waals surface area contributed by atoms with E-state index in [1.165, 1.54) is 0 Å². The number of nitrogens with two attached hydrogens (primary N) is 1. The second-order valence-corrected chi connectivity index (χ2v) is 7.18. The van der Waals surface area contributed by atoms with Gasteiger partial charge in [0.1, 0.15) is 5.75 Å². The molecule has 1 aromatic carbocycles. The SMILES string of the molecule is CCC1Oc2ccc(C(N)C(C)C)cc2N(CCC(C)C)C1=O. The van der Waals surface area contributed by atoms with Crippen molar-refractivity contribution in [1.29, 1.82) is 0 Å². The zero-order valence-corrected chi connectivity index (χ0v) is 15.0. The molecule has 1 aromatic rings. The lowest BCUT2D eigenvalue weighted by Crippen LogP contribution is -2.46. The number of amides is 1. The van der Waals surface area contributed by atoms with E-state index in [1.807, 2.05) is 30.0 Å². The smallest absolute Gasteiger partial charge is 0.268 e. The Hall–Kier alpha value is -1.55. The van der Waals surface area contributed by atoms with E-state index >= 15 is 0 Å². The fourth-order valence-corrected chi connectivity index (χ4v) is 2.81. The summed E-state index contributed by atoms with van der Waals surface area (Å²) in [5.74, 6) is 1.76. The van der Waals surface area contributed by atoms with Crippen LogP contribution in [-0.2, 0) is 4.79 Å². The van der Waals surface area contributed by atoms with Gasteiger partial charge in [0.2, 0.25) is 0 Å². The predicted octanol–water partition coefficient (Wildman–Crippen LogP) is 3.89. The second kappa shape index (κ2) is 7.35. The standard InChI is InChI=1S/C19H30N2O2/c1-6-16-19(22)21(10-9-12(2)3)15-11-14(18(20)13(4)5)7-8-17(15)23-16/h7-8,11-13,16,18H,6,9-10,20H2,1-5H3. The van der Waals surface area contributed by atoms with Gasteiger partial charge in [0.15, 0.2) is 6.10 Å². The van der Waals surface area contributed by atoms with E-state index in [9.17, 15) is 4.79 Å². The van der Waals surface area contributed by atoms with Crippen molar-refractivity contribution in [2.75, 3.05) is 11.4 Å². The Labute approximate surface area is 140 Å². The van der Waals surface area contributed by atoms with Gasteiger partial charge in [0.05, 0.1) is 5.69 Å². The zero-order chi connectivity index (χ0) is 17.1. The Bertz CT molecular complexity index is 554. The maximum absolute atomic E-state index is 12.7. The first-order valence-corrected chi connectivity index (χ1v) is 8.72. The molecule has 0 saturated carbocycles. The van der Waals surface area contributed by atoms with E-state index in [0.717, 1.165) is 30.0 Å². The van der Waals surface area contributed by atoms with E-state index in [2.05, 4.69) is 27.7 Å². The molecule has 1 heterocycles. The molecule has 4 heteroatoms. The molecule has 23 heavy (non-hydrogen) atoms. The van der Waals surface area contributed by atoms with Gasteiger partial charge in [0, 0.05) is 12.6 Å². The van der Waals surface area contributed by atoms with Crippen LogP contribution >= 0.6 is 0 Å². The van der Waals surface area contributed by atoms with Crippen LogP contribution in [0.1, 0.15) is 59.1 Å². The highest BCUT2D eigenvalue weighted by molar-refractivity contribution is 6.00.